The molecular weight excluding hydrogens is 321 g/mol. The Bertz CT molecular complexity index is 482. The molecule has 1 amide bonds. The minimum atomic E-state index is -4.43. The highest BCUT2D eigenvalue weighted by Crippen LogP contribution is 2.35. The molecule has 0 bridgehead atoms. The van der Waals surface area contributed by atoms with Crippen molar-refractivity contribution in [2.45, 2.75) is 60.8 Å². The van der Waals surface area contributed by atoms with E-state index >= 15 is 0 Å². The zero-order chi connectivity index (χ0) is 15.5. The van der Waals surface area contributed by atoms with Gasteiger partial charge in [0.1, 0.15) is 10.8 Å². The third-order valence-corrected chi connectivity index (χ3v) is 5.69. The molecule has 21 heavy (non-hydrogen) atoms. The van der Waals surface area contributed by atoms with Crippen molar-refractivity contribution < 1.29 is 18.0 Å². The highest BCUT2D eigenvalue weighted by molar-refractivity contribution is 8.01. The zero-order valence-electron chi connectivity index (χ0n) is 11.6. The lowest BCUT2D eigenvalue weighted by atomic mass is 9.95. The van der Waals surface area contributed by atoms with Gasteiger partial charge in [-0.15, -0.1) is 11.3 Å². The molecule has 2 rings (SSSR count). The van der Waals surface area contributed by atoms with Crippen LogP contribution in [0, 0.1) is 6.92 Å². The Balaban J connectivity index is 1.72. The predicted octanol–water partition coefficient (Wildman–Crippen LogP) is 3.92. The van der Waals surface area contributed by atoms with Crippen LogP contribution >= 0.6 is 23.1 Å². The molecule has 1 aromatic rings. The number of carbonyl (C=O) groups excluding carboxylic acids is 1. The maximum atomic E-state index is 12.1. The molecule has 8 heteroatoms. The summed E-state index contributed by atoms with van der Waals surface area (Å²) in [6.07, 6.45) is -2.59. The van der Waals surface area contributed by atoms with Crippen molar-refractivity contribution in [1.29, 1.82) is 0 Å². The molecule has 1 aromatic heterocycles. The smallest absolute Gasteiger partial charge is 0.353 e. The number of alkyl halides is 3. The Kier molecular flexibility index (Phi) is 5.54. The second kappa shape index (κ2) is 7.00. The summed E-state index contributed by atoms with van der Waals surface area (Å²) in [6.45, 7) is 1.95. The summed E-state index contributed by atoms with van der Waals surface area (Å²) in [5.41, 5.74) is 1.01. The van der Waals surface area contributed by atoms with E-state index in [4.69, 9.17) is 0 Å². The van der Waals surface area contributed by atoms with Crippen LogP contribution in [0.25, 0.3) is 0 Å². The Morgan fingerprint density at radius 2 is 2.10 bits per heavy atom. The molecule has 1 aliphatic carbocycles. The Hall–Kier alpha value is -0.760. The van der Waals surface area contributed by atoms with Gasteiger partial charge in [0.15, 0.2) is 0 Å². The minimum Gasteiger partial charge on any atom is -0.353 e. The predicted molar refractivity (Wildman–Crippen MR) is 77.6 cm³/mol. The summed E-state index contributed by atoms with van der Waals surface area (Å²) in [5, 5.41) is 4.92. The van der Waals surface area contributed by atoms with E-state index in [9.17, 15) is 18.0 Å². The van der Waals surface area contributed by atoms with E-state index in [2.05, 4.69) is 10.3 Å². The quantitative estimate of drug-likeness (QED) is 0.905. The number of halogens is 3. The van der Waals surface area contributed by atoms with Crippen LogP contribution in [0.3, 0.4) is 0 Å². The van der Waals surface area contributed by atoms with Gasteiger partial charge >= 0.3 is 6.18 Å². The summed E-state index contributed by atoms with van der Waals surface area (Å²) < 4.78 is 37.3. The number of nitrogens with zero attached hydrogens (tertiary/aromatic N) is 1. The maximum absolute atomic E-state index is 12.1. The van der Waals surface area contributed by atoms with Crippen molar-refractivity contribution >= 4 is 29.0 Å². The molecule has 0 spiro atoms. The topological polar surface area (TPSA) is 42.0 Å². The first-order valence-electron chi connectivity index (χ1n) is 6.77. The third kappa shape index (κ3) is 5.86. The van der Waals surface area contributed by atoms with E-state index in [0.29, 0.717) is 5.25 Å². The summed E-state index contributed by atoms with van der Waals surface area (Å²) in [6, 6.07) is -0.130. The fourth-order valence-electron chi connectivity index (χ4n) is 2.31. The average Bonchev–Trinajstić information content (AvgIpc) is 2.75. The van der Waals surface area contributed by atoms with Crippen LogP contribution in [0.2, 0.25) is 0 Å². The summed E-state index contributed by atoms with van der Waals surface area (Å²) in [4.78, 5) is 15.7. The van der Waals surface area contributed by atoms with Crippen molar-refractivity contribution in [3.8, 4) is 0 Å². The first kappa shape index (κ1) is 16.6. The molecule has 1 fully saturated rings. The molecule has 3 nitrogen and oxygen atoms in total. The van der Waals surface area contributed by atoms with Crippen molar-refractivity contribution in [3.05, 3.63) is 11.1 Å². The van der Waals surface area contributed by atoms with Gasteiger partial charge in [-0.25, -0.2) is 4.98 Å². The van der Waals surface area contributed by atoms with Crippen LogP contribution in [-0.2, 0) is 4.79 Å². The average molecular weight is 338 g/mol. The van der Waals surface area contributed by atoms with Crippen LogP contribution in [0.4, 0.5) is 13.2 Å². The molecule has 0 saturated heterocycles. The van der Waals surface area contributed by atoms with E-state index < -0.39 is 18.5 Å². The molecule has 0 atom stereocenters. The second-order valence-corrected chi connectivity index (χ2v) is 7.61. The third-order valence-electron chi connectivity index (χ3n) is 3.27. The number of thioether (sulfide) groups is 1. The van der Waals surface area contributed by atoms with Crippen molar-refractivity contribution in [2.75, 3.05) is 0 Å². The van der Waals surface area contributed by atoms with Gasteiger partial charge in [0.2, 0.25) is 5.91 Å². The first-order chi connectivity index (χ1) is 9.82. The van der Waals surface area contributed by atoms with Crippen molar-refractivity contribution in [2.24, 2.45) is 0 Å². The van der Waals surface area contributed by atoms with Crippen molar-refractivity contribution in [1.82, 2.24) is 10.3 Å². The minimum absolute atomic E-state index is 0.130. The van der Waals surface area contributed by atoms with E-state index in [1.165, 1.54) is 0 Å². The van der Waals surface area contributed by atoms with Crippen molar-refractivity contribution in [3.63, 3.8) is 0 Å². The van der Waals surface area contributed by atoms with Gasteiger partial charge in [-0.2, -0.15) is 13.2 Å². The van der Waals surface area contributed by atoms with Gasteiger partial charge in [0.05, 0.1) is 0 Å². The molecule has 0 aliphatic heterocycles. The highest BCUT2D eigenvalue weighted by Gasteiger charge is 2.32. The van der Waals surface area contributed by atoms with Gasteiger partial charge in [0, 0.05) is 22.4 Å². The number of carbonyl (C=O) groups is 1. The van der Waals surface area contributed by atoms with E-state index in [1.807, 2.05) is 12.3 Å². The fraction of sp³-hybridized carbons (Fsp3) is 0.692. The van der Waals surface area contributed by atoms with Crippen LogP contribution in [0.5, 0.6) is 0 Å². The van der Waals surface area contributed by atoms with Crippen LogP contribution < -0.4 is 5.32 Å². The van der Waals surface area contributed by atoms with E-state index in [0.717, 1.165) is 35.7 Å². The van der Waals surface area contributed by atoms with Gasteiger partial charge in [-0.3, -0.25) is 4.79 Å². The number of aryl methyl sites for hydroxylation is 1. The number of nitrogens with one attached hydrogen (secondary N) is 1. The lowest BCUT2D eigenvalue weighted by Crippen LogP contribution is -2.39. The van der Waals surface area contributed by atoms with E-state index in [-0.39, 0.29) is 6.04 Å². The van der Waals surface area contributed by atoms with Gasteiger partial charge in [-0.1, -0.05) is 11.8 Å². The normalized spacial score (nSPS) is 23.0. The van der Waals surface area contributed by atoms with Gasteiger partial charge in [0.25, 0.3) is 0 Å². The molecule has 1 N–H and O–H groups in total. The Labute approximate surface area is 129 Å². The number of amides is 1. The standard InChI is InChI=1S/C13H17F3N2OS2/c1-8-7-20-12(17-8)21-10-4-2-9(3-5-10)18-11(19)6-13(14,15)16/h7,9-10H,2-6H2,1H3,(H,18,19). The number of aromatic nitrogens is 1. The molecular formula is C13H17F3N2OS2. The van der Waals surface area contributed by atoms with Crippen LogP contribution in [-0.4, -0.2) is 28.4 Å². The molecule has 0 unspecified atom stereocenters. The van der Waals surface area contributed by atoms with Gasteiger partial charge < -0.3 is 5.32 Å². The fourth-order valence-corrected chi connectivity index (χ4v) is 4.60. The van der Waals surface area contributed by atoms with Crippen LogP contribution in [0.15, 0.2) is 9.72 Å². The zero-order valence-corrected chi connectivity index (χ0v) is 13.2. The lowest BCUT2D eigenvalue weighted by Gasteiger charge is -2.28. The number of hydrogen-bond donors (Lipinski definition) is 1. The number of hydrogen-bond acceptors (Lipinski definition) is 4. The monoisotopic (exact) mass is 338 g/mol. The van der Waals surface area contributed by atoms with Gasteiger partial charge in [-0.05, 0) is 32.6 Å². The molecule has 1 saturated carbocycles. The Morgan fingerprint density at radius 3 is 2.62 bits per heavy atom. The number of rotatable bonds is 4. The second-order valence-electron chi connectivity index (χ2n) is 5.21. The molecule has 1 aliphatic rings. The lowest BCUT2D eigenvalue weighted by molar-refractivity contribution is -0.154. The Morgan fingerprint density at radius 1 is 1.43 bits per heavy atom. The summed E-state index contributed by atoms with van der Waals surface area (Å²) in [7, 11) is 0. The number of thiazole rings is 1. The summed E-state index contributed by atoms with van der Waals surface area (Å²) in [5.74, 6) is -0.922. The van der Waals surface area contributed by atoms with E-state index in [1.54, 1.807) is 23.1 Å². The first-order valence-corrected chi connectivity index (χ1v) is 8.52. The maximum Gasteiger partial charge on any atom is 0.397 e. The largest absolute Gasteiger partial charge is 0.397 e. The SMILES string of the molecule is Cc1csc(SC2CCC(NC(=O)CC(F)(F)F)CC2)n1. The highest BCUT2D eigenvalue weighted by atomic mass is 32.2. The molecule has 118 valence electrons. The molecule has 1 heterocycles. The van der Waals surface area contributed by atoms with Crippen LogP contribution in [0.1, 0.15) is 37.8 Å². The molecule has 0 aromatic carbocycles. The summed E-state index contributed by atoms with van der Waals surface area (Å²) >= 11 is 3.35. The molecule has 0 radical (unpaired) electrons.